The van der Waals surface area contributed by atoms with E-state index >= 15 is 0 Å². The van der Waals surface area contributed by atoms with Gasteiger partial charge in [0, 0.05) is 12.1 Å². The highest BCUT2D eigenvalue weighted by atomic mass is 15.0. The summed E-state index contributed by atoms with van der Waals surface area (Å²) < 4.78 is 0. The van der Waals surface area contributed by atoms with Crippen molar-refractivity contribution in [1.82, 2.24) is 5.32 Å². The maximum Gasteiger partial charge on any atom is 0.0132 e. The molecule has 1 nitrogen and oxygen atoms in total. The van der Waals surface area contributed by atoms with Crippen molar-refractivity contribution in [3.05, 3.63) is 0 Å². The second-order valence-corrected chi connectivity index (χ2v) is 4.26. The summed E-state index contributed by atoms with van der Waals surface area (Å²) in [5, 5.41) is 3.71. The topological polar surface area (TPSA) is 12.0 Å². The van der Waals surface area contributed by atoms with Gasteiger partial charge in [-0.05, 0) is 38.0 Å². The first kappa shape index (κ1) is 7.60. The van der Waals surface area contributed by atoms with Crippen LogP contribution in [0.5, 0.6) is 0 Å². The Morgan fingerprint density at radius 1 is 1.36 bits per heavy atom. The molecule has 2 aliphatic carbocycles. The lowest BCUT2D eigenvalue weighted by Gasteiger charge is -2.12. The van der Waals surface area contributed by atoms with Gasteiger partial charge in [0.2, 0.25) is 0 Å². The summed E-state index contributed by atoms with van der Waals surface area (Å²) in [6.45, 7) is 4.56. The molecule has 0 aromatic heterocycles. The molecular formula is C10H19N. The highest BCUT2D eigenvalue weighted by Gasteiger charge is 2.52. The van der Waals surface area contributed by atoms with Crippen LogP contribution < -0.4 is 5.32 Å². The van der Waals surface area contributed by atoms with Crippen LogP contribution in [0, 0.1) is 11.8 Å². The zero-order valence-electron chi connectivity index (χ0n) is 7.64. The van der Waals surface area contributed by atoms with Gasteiger partial charge in [-0.1, -0.05) is 13.3 Å². The minimum Gasteiger partial charge on any atom is -0.311 e. The zero-order valence-corrected chi connectivity index (χ0v) is 7.64. The summed E-state index contributed by atoms with van der Waals surface area (Å²) in [6, 6.07) is 1.66. The lowest BCUT2D eigenvalue weighted by atomic mass is 10.2. The molecule has 1 heteroatoms. The molecule has 3 atom stereocenters. The molecule has 0 spiro atoms. The van der Waals surface area contributed by atoms with E-state index in [1.54, 1.807) is 0 Å². The Morgan fingerprint density at radius 2 is 2.00 bits per heavy atom. The first-order valence-electron chi connectivity index (χ1n) is 5.09. The predicted octanol–water partition coefficient (Wildman–Crippen LogP) is 2.17. The molecule has 2 aliphatic rings. The molecule has 2 fully saturated rings. The zero-order chi connectivity index (χ0) is 7.84. The van der Waals surface area contributed by atoms with Gasteiger partial charge in [0.05, 0.1) is 0 Å². The SMILES string of the molecule is CCC(C)NC1C2CCCC21. The minimum atomic E-state index is 0.741. The van der Waals surface area contributed by atoms with E-state index in [1.165, 1.54) is 25.7 Å². The van der Waals surface area contributed by atoms with Gasteiger partial charge in [-0.25, -0.2) is 0 Å². The van der Waals surface area contributed by atoms with Crippen molar-refractivity contribution in [3.8, 4) is 0 Å². The molecule has 2 rings (SSSR count). The maximum absolute atomic E-state index is 3.71. The van der Waals surface area contributed by atoms with Gasteiger partial charge in [-0.15, -0.1) is 0 Å². The van der Waals surface area contributed by atoms with Crippen molar-refractivity contribution in [3.63, 3.8) is 0 Å². The van der Waals surface area contributed by atoms with Crippen LogP contribution in [-0.4, -0.2) is 12.1 Å². The second kappa shape index (κ2) is 2.78. The van der Waals surface area contributed by atoms with Crippen LogP contribution in [0.3, 0.4) is 0 Å². The first-order valence-corrected chi connectivity index (χ1v) is 5.09. The third-order valence-electron chi connectivity index (χ3n) is 3.50. The lowest BCUT2D eigenvalue weighted by Crippen LogP contribution is -2.29. The van der Waals surface area contributed by atoms with E-state index in [0.29, 0.717) is 0 Å². The molecule has 0 aromatic rings. The van der Waals surface area contributed by atoms with Gasteiger partial charge in [0.1, 0.15) is 0 Å². The Balaban J connectivity index is 1.74. The van der Waals surface area contributed by atoms with Crippen LogP contribution in [0.1, 0.15) is 39.5 Å². The van der Waals surface area contributed by atoms with E-state index in [2.05, 4.69) is 19.2 Å². The van der Waals surface area contributed by atoms with Crippen molar-refractivity contribution in [2.45, 2.75) is 51.6 Å². The fraction of sp³-hybridized carbons (Fsp3) is 1.00. The van der Waals surface area contributed by atoms with Crippen LogP contribution >= 0.6 is 0 Å². The summed E-state index contributed by atoms with van der Waals surface area (Å²) in [4.78, 5) is 0. The second-order valence-electron chi connectivity index (χ2n) is 4.26. The molecule has 64 valence electrons. The maximum atomic E-state index is 3.71. The number of hydrogen-bond donors (Lipinski definition) is 1. The van der Waals surface area contributed by atoms with E-state index in [9.17, 15) is 0 Å². The first-order chi connectivity index (χ1) is 5.33. The molecule has 0 saturated heterocycles. The van der Waals surface area contributed by atoms with Crippen molar-refractivity contribution in [1.29, 1.82) is 0 Å². The third kappa shape index (κ3) is 1.31. The molecule has 2 saturated carbocycles. The Kier molecular flexibility index (Phi) is 1.92. The van der Waals surface area contributed by atoms with Crippen LogP contribution in [0.2, 0.25) is 0 Å². The number of rotatable bonds is 3. The highest BCUT2D eigenvalue weighted by Crippen LogP contribution is 2.52. The molecule has 3 unspecified atom stereocenters. The van der Waals surface area contributed by atoms with Gasteiger partial charge in [0.25, 0.3) is 0 Å². The third-order valence-corrected chi connectivity index (χ3v) is 3.50. The molecule has 11 heavy (non-hydrogen) atoms. The van der Waals surface area contributed by atoms with E-state index in [0.717, 1.165) is 23.9 Å². The minimum absolute atomic E-state index is 0.741. The summed E-state index contributed by atoms with van der Waals surface area (Å²) in [6.07, 6.45) is 5.77. The van der Waals surface area contributed by atoms with Crippen molar-refractivity contribution in [2.24, 2.45) is 11.8 Å². The smallest absolute Gasteiger partial charge is 0.0132 e. The monoisotopic (exact) mass is 153 g/mol. The molecule has 0 aromatic carbocycles. The Labute approximate surface area is 69.6 Å². The van der Waals surface area contributed by atoms with Gasteiger partial charge in [0.15, 0.2) is 0 Å². The van der Waals surface area contributed by atoms with Crippen LogP contribution in [0.4, 0.5) is 0 Å². The van der Waals surface area contributed by atoms with Crippen LogP contribution in [0.15, 0.2) is 0 Å². The molecule has 0 bridgehead atoms. The standard InChI is InChI=1S/C10H19N/c1-3-7(2)11-10-8-5-4-6-9(8)10/h7-11H,3-6H2,1-2H3. The summed E-state index contributed by atoms with van der Waals surface area (Å²) in [7, 11) is 0. The predicted molar refractivity (Wildman–Crippen MR) is 47.5 cm³/mol. The number of hydrogen-bond acceptors (Lipinski definition) is 1. The van der Waals surface area contributed by atoms with Crippen molar-refractivity contribution in [2.75, 3.05) is 0 Å². The number of fused-ring (bicyclic) bond motifs is 1. The summed E-state index contributed by atoms with van der Waals surface area (Å²) >= 11 is 0. The quantitative estimate of drug-likeness (QED) is 0.655. The Hall–Kier alpha value is -0.0400. The van der Waals surface area contributed by atoms with Crippen molar-refractivity contribution >= 4 is 0 Å². The van der Waals surface area contributed by atoms with Crippen molar-refractivity contribution < 1.29 is 0 Å². The Morgan fingerprint density at radius 3 is 2.55 bits per heavy atom. The molecule has 0 heterocycles. The number of nitrogens with one attached hydrogen (secondary N) is 1. The van der Waals surface area contributed by atoms with E-state index < -0.39 is 0 Å². The molecule has 0 aliphatic heterocycles. The van der Waals surface area contributed by atoms with Gasteiger partial charge < -0.3 is 5.32 Å². The molecule has 1 N–H and O–H groups in total. The summed E-state index contributed by atoms with van der Waals surface area (Å²) in [5.41, 5.74) is 0. The van der Waals surface area contributed by atoms with Crippen LogP contribution in [0.25, 0.3) is 0 Å². The summed E-state index contributed by atoms with van der Waals surface area (Å²) in [5.74, 6) is 2.15. The fourth-order valence-electron chi connectivity index (χ4n) is 2.52. The fourth-order valence-corrected chi connectivity index (χ4v) is 2.52. The van der Waals surface area contributed by atoms with Gasteiger partial charge in [-0.2, -0.15) is 0 Å². The van der Waals surface area contributed by atoms with E-state index in [-0.39, 0.29) is 0 Å². The van der Waals surface area contributed by atoms with Crippen LogP contribution in [-0.2, 0) is 0 Å². The average Bonchev–Trinajstić information content (AvgIpc) is 2.52. The molecule has 0 radical (unpaired) electrons. The molecule has 0 amide bonds. The van der Waals surface area contributed by atoms with E-state index in [1.807, 2.05) is 0 Å². The lowest BCUT2D eigenvalue weighted by molar-refractivity contribution is 0.476. The Bertz CT molecular complexity index is 134. The normalized spacial score (nSPS) is 43.6. The largest absolute Gasteiger partial charge is 0.311 e. The van der Waals surface area contributed by atoms with Gasteiger partial charge in [-0.3, -0.25) is 0 Å². The highest BCUT2D eigenvalue weighted by molar-refractivity contribution is 5.07. The average molecular weight is 153 g/mol. The van der Waals surface area contributed by atoms with Gasteiger partial charge >= 0.3 is 0 Å². The van der Waals surface area contributed by atoms with E-state index in [4.69, 9.17) is 0 Å². The molecular weight excluding hydrogens is 134 g/mol.